The van der Waals surface area contributed by atoms with Gasteiger partial charge in [-0.15, -0.1) is 0 Å². The van der Waals surface area contributed by atoms with Gasteiger partial charge in [-0.1, -0.05) is 35.8 Å². The third kappa shape index (κ3) is 3.97. The molecule has 0 N–H and O–H groups in total. The zero-order valence-corrected chi connectivity index (χ0v) is 14.5. The Bertz CT molecular complexity index is 708. The maximum absolute atomic E-state index is 6.01. The zero-order valence-electron chi connectivity index (χ0n) is 14.5. The van der Waals surface area contributed by atoms with Gasteiger partial charge < -0.3 is 9.47 Å². The fourth-order valence-electron chi connectivity index (χ4n) is 3.01. The first-order valence-electron chi connectivity index (χ1n) is 8.33. The van der Waals surface area contributed by atoms with Gasteiger partial charge in [-0.05, 0) is 58.6 Å². The molecule has 23 heavy (non-hydrogen) atoms. The second-order valence-electron chi connectivity index (χ2n) is 7.34. The van der Waals surface area contributed by atoms with Gasteiger partial charge in [-0.3, -0.25) is 0 Å². The molecular weight excluding hydrogens is 284 g/mol. The van der Waals surface area contributed by atoms with Crippen LogP contribution in [0.2, 0.25) is 0 Å². The molecule has 0 amide bonds. The first-order valence-corrected chi connectivity index (χ1v) is 8.33. The van der Waals surface area contributed by atoms with Crippen LogP contribution in [0.3, 0.4) is 0 Å². The second-order valence-corrected chi connectivity index (χ2v) is 7.34. The molecule has 1 atom stereocenters. The fourth-order valence-corrected chi connectivity index (χ4v) is 3.01. The summed E-state index contributed by atoms with van der Waals surface area (Å²) in [4.78, 5) is 0. The van der Waals surface area contributed by atoms with Gasteiger partial charge in [0.1, 0.15) is 6.10 Å². The summed E-state index contributed by atoms with van der Waals surface area (Å²) < 4.78 is 11.7. The Labute approximate surface area is 139 Å². The summed E-state index contributed by atoms with van der Waals surface area (Å²) in [7, 11) is 0. The zero-order chi connectivity index (χ0) is 16.5. The number of ether oxygens (including phenoxy) is 2. The number of fused-ring (bicyclic) bond motifs is 1. The largest absolute Gasteiger partial charge is 0.347 e. The Kier molecular flexibility index (Phi) is 4.24. The molecule has 0 bridgehead atoms. The highest BCUT2D eigenvalue weighted by atomic mass is 16.7. The first kappa shape index (κ1) is 16.1. The lowest BCUT2D eigenvalue weighted by Gasteiger charge is -2.20. The molecular formula is C21H24O2. The molecule has 1 saturated heterocycles. The van der Waals surface area contributed by atoms with Gasteiger partial charge in [-0.25, -0.2) is 0 Å². The quantitative estimate of drug-likeness (QED) is 0.678. The lowest BCUT2D eigenvalue weighted by molar-refractivity contribution is -0.133. The molecule has 1 fully saturated rings. The minimum Gasteiger partial charge on any atom is -0.347 e. The summed E-state index contributed by atoms with van der Waals surface area (Å²) in [5, 5.41) is 0. The summed E-state index contributed by atoms with van der Waals surface area (Å²) in [6, 6.07) is 0. The number of hydrogen-bond donors (Lipinski definition) is 0. The molecule has 0 unspecified atom stereocenters. The van der Waals surface area contributed by atoms with E-state index in [1.165, 1.54) is 12.0 Å². The van der Waals surface area contributed by atoms with Gasteiger partial charge in [0, 0.05) is 16.6 Å². The number of hydrogen-bond acceptors (Lipinski definition) is 2. The topological polar surface area (TPSA) is 18.5 Å². The SMILES string of the molecule is CC1(C)C#C/C=C2/CCCC=C2C#C/C([C@H]2COC(C)(C)O2)=C\1. The van der Waals surface area contributed by atoms with E-state index >= 15 is 0 Å². The van der Waals surface area contributed by atoms with Crippen LogP contribution in [0.25, 0.3) is 0 Å². The van der Waals surface area contributed by atoms with E-state index < -0.39 is 5.79 Å². The van der Waals surface area contributed by atoms with Crippen LogP contribution < -0.4 is 0 Å². The Morgan fingerprint density at radius 1 is 1.17 bits per heavy atom. The molecule has 0 aromatic rings. The Morgan fingerprint density at radius 3 is 2.74 bits per heavy atom. The third-order valence-corrected chi connectivity index (χ3v) is 4.20. The Balaban J connectivity index is 2.00. The molecule has 2 aliphatic carbocycles. The molecule has 3 aliphatic rings. The normalized spacial score (nSPS) is 32.5. The molecule has 0 spiro atoms. The van der Waals surface area contributed by atoms with E-state index in [1.54, 1.807) is 0 Å². The molecule has 2 nitrogen and oxygen atoms in total. The van der Waals surface area contributed by atoms with Crippen molar-refractivity contribution in [3.05, 3.63) is 34.9 Å². The van der Waals surface area contributed by atoms with E-state index in [1.807, 2.05) is 19.9 Å². The van der Waals surface area contributed by atoms with Crippen molar-refractivity contribution in [1.29, 1.82) is 0 Å². The van der Waals surface area contributed by atoms with Crippen LogP contribution in [0.15, 0.2) is 34.9 Å². The molecule has 0 aromatic carbocycles. The number of rotatable bonds is 1. The summed E-state index contributed by atoms with van der Waals surface area (Å²) in [5.41, 5.74) is 3.11. The Hall–Kier alpha value is -1.74. The van der Waals surface area contributed by atoms with E-state index in [0.717, 1.165) is 24.0 Å². The summed E-state index contributed by atoms with van der Waals surface area (Å²) in [5.74, 6) is 12.7. The van der Waals surface area contributed by atoms with Crippen LogP contribution in [0.5, 0.6) is 0 Å². The lowest BCUT2D eigenvalue weighted by atomic mass is 9.88. The average Bonchev–Trinajstić information content (AvgIpc) is 2.84. The molecule has 0 aromatic heterocycles. The van der Waals surface area contributed by atoms with E-state index in [-0.39, 0.29) is 11.5 Å². The molecule has 120 valence electrons. The van der Waals surface area contributed by atoms with Gasteiger partial charge >= 0.3 is 0 Å². The molecule has 2 heteroatoms. The predicted molar refractivity (Wildman–Crippen MR) is 92.3 cm³/mol. The minimum absolute atomic E-state index is 0.116. The van der Waals surface area contributed by atoms with E-state index in [9.17, 15) is 0 Å². The Morgan fingerprint density at radius 2 is 2.00 bits per heavy atom. The van der Waals surface area contributed by atoms with Gasteiger partial charge in [0.15, 0.2) is 5.79 Å². The highest BCUT2D eigenvalue weighted by Crippen LogP contribution is 2.30. The van der Waals surface area contributed by atoms with E-state index in [4.69, 9.17) is 9.47 Å². The van der Waals surface area contributed by atoms with E-state index in [2.05, 4.69) is 49.7 Å². The van der Waals surface area contributed by atoms with Crippen LogP contribution >= 0.6 is 0 Å². The highest BCUT2D eigenvalue weighted by Gasteiger charge is 2.35. The van der Waals surface area contributed by atoms with Crippen LogP contribution in [-0.2, 0) is 9.47 Å². The smallest absolute Gasteiger partial charge is 0.163 e. The van der Waals surface area contributed by atoms with Crippen molar-refractivity contribution in [1.82, 2.24) is 0 Å². The molecule has 3 rings (SSSR count). The molecule has 0 radical (unpaired) electrons. The molecule has 1 aliphatic heterocycles. The van der Waals surface area contributed by atoms with Crippen molar-refractivity contribution >= 4 is 0 Å². The van der Waals surface area contributed by atoms with Crippen molar-refractivity contribution in [2.75, 3.05) is 6.61 Å². The van der Waals surface area contributed by atoms with Crippen molar-refractivity contribution in [3.8, 4) is 23.7 Å². The first-order chi connectivity index (χ1) is 10.8. The fraction of sp³-hybridized carbons (Fsp3) is 0.524. The highest BCUT2D eigenvalue weighted by molar-refractivity contribution is 5.53. The molecule has 0 saturated carbocycles. The molecule has 1 heterocycles. The maximum Gasteiger partial charge on any atom is 0.163 e. The van der Waals surface area contributed by atoms with Crippen LogP contribution in [-0.4, -0.2) is 18.5 Å². The van der Waals surface area contributed by atoms with Crippen molar-refractivity contribution < 1.29 is 9.47 Å². The summed E-state index contributed by atoms with van der Waals surface area (Å²) in [6.07, 6.45) is 9.61. The number of allylic oxidation sites excluding steroid dienone is 5. The van der Waals surface area contributed by atoms with Gasteiger partial charge in [-0.2, -0.15) is 0 Å². The van der Waals surface area contributed by atoms with Gasteiger partial charge in [0.25, 0.3) is 0 Å². The van der Waals surface area contributed by atoms with Crippen LogP contribution in [0.4, 0.5) is 0 Å². The monoisotopic (exact) mass is 308 g/mol. The average molecular weight is 308 g/mol. The van der Waals surface area contributed by atoms with E-state index in [0.29, 0.717) is 6.61 Å². The second kappa shape index (κ2) is 6.04. The van der Waals surface area contributed by atoms with Gasteiger partial charge in [0.2, 0.25) is 0 Å². The summed E-state index contributed by atoms with van der Waals surface area (Å²) in [6.45, 7) is 8.65. The van der Waals surface area contributed by atoms with Crippen LogP contribution in [0, 0.1) is 29.1 Å². The summed E-state index contributed by atoms with van der Waals surface area (Å²) >= 11 is 0. The maximum atomic E-state index is 6.01. The lowest BCUT2D eigenvalue weighted by Crippen LogP contribution is -2.23. The van der Waals surface area contributed by atoms with Crippen molar-refractivity contribution in [2.45, 2.75) is 58.8 Å². The predicted octanol–water partition coefficient (Wildman–Crippen LogP) is 4.15. The van der Waals surface area contributed by atoms with Crippen LogP contribution in [0.1, 0.15) is 47.0 Å². The van der Waals surface area contributed by atoms with Crippen molar-refractivity contribution in [3.63, 3.8) is 0 Å². The minimum atomic E-state index is -0.548. The standard InChI is InChI=1S/C21H24O2/c1-20(2)13-7-10-16-8-5-6-9-17(16)11-12-18(14-20)19-15-22-21(3,4)23-19/h9-10,14,19H,5-6,8,15H2,1-4H3/b16-10-,18-14+/t19-/m1/s1. The third-order valence-electron chi connectivity index (χ3n) is 4.20. The van der Waals surface area contributed by atoms with Crippen molar-refractivity contribution in [2.24, 2.45) is 5.41 Å². The van der Waals surface area contributed by atoms with Gasteiger partial charge in [0.05, 0.1) is 6.61 Å².